The lowest BCUT2D eigenvalue weighted by atomic mass is 9.74. The molecule has 6 rings (SSSR count). The number of fused-ring (bicyclic) bond motifs is 2. The molecule has 0 radical (unpaired) electrons. The highest BCUT2D eigenvalue weighted by Gasteiger charge is 2.38. The summed E-state index contributed by atoms with van der Waals surface area (Å²) in [5.41, 5.74) is 5.73. The molecule has 2 atom stereocenters. The lowest BCUT2D eigenvalue weighted by Gasteiger charge is -2.42. The average molecular weight is 685 g/mol. The SMILES string of the molecule is CCC1CN(Cc2cc([C@@H](c3ccc4c(nnn4CC)c3C)C(C)(C)NC(=O)c3ccc(=O)[nH]c3)ccc2C)S(O)(O)c2ccccc2O1. The van der Waals surface area contributed by atoms with E-state index in [1.54, 1.807) is 22.5 Å². The van der Waals surface area contributed by atoms with Gasteiger partial charge in [-0.05, 0) is 93.1 Å². The first-order valence-electron chi connectivity index (χ1n) is 16.6. The highest BCUT2D eigenvalue weighted by Crippen LogP contribution is 2.57. The predicted molar refractivity (Wildman–Crippen MR) is 192 cm³/mol. The summed E-state index contributed by atoms with van der Waals surface area (Å²) in [5, 5.41) is 12.1. The summed E-state index contributed by atoms with van der Waals surface area (Å²) in [6.07, 6.45) is 1.90. The molecular weight excluding hydrogens is 641 g/mol. The number of hydrogen-bond donors (Lipinski definition) is 4. The second-order valence-electron chi connectivity index (χ2n) is 13.2. The number of aryl methyl sites for hydroxylation is 3. The van der Waals surface area contributed by atoms with Crippen LogP contribution in [-0.2, 0) is 13.1 Å². The Hall–Kier alpha value is -4.49. The van der Waals surface area contributed by atoms with Crippen LogP contribution in [0, 0.1) is 13.8 Å². The number of para-hydroxylation sites is 1. The van der Waals surface area contributed by atoms with E-state index in [4.69, 9.17) is 4.74 Å². The molecule has 1 amide bonds. The first-order chi connectivity index (χ1) is 23.3. The Kier molecular flexibility index (Phi) is 9.42. The number of amides is 1. The van der Waals surface area contributed by atoms with Gasteiger partial charge in [0.1, 0.15) is 22.3 Å². The van der Waals surface area contributed by atoms with Crippen molar-refractivity contribution < 1.29 is 18.6 Å². The Bertz CT molecular complexity index is 2050. The second kappa shape index (κ2) is 13.4. The Morgan fingerprint density at radius 3 is 2.59 bits per heavy atom. The van der Waals surface area contributed by atoms with Gasteiger partial charge in [-0.25, -0.2) is 4.68 Å². The molecule has 11 nitrogen and oxygen atoms in total. The average Bonchev–Trinajstić information content (AvgIpc) is 3.46. The Morgan fingerprint density at radius 2 is 1.88 bits per heavy atom. The van der Waals surface area contributed by atoms with Crippen molar-refractivity contribution >= 4 is 27.7 Å². The molecule has 3 heterocycles. The first kappa shape index (κ1) is 34.4. The molecule has 2 aromatic heterocycles. The van der Waals surface area contributed by atoms with Gasteiger partial charge in [-0.15, -0.1) is 15.9 Å². The first-order valence-corrected chi connectivity index (χ1v) is 18.1. The fourth-order valence-electron chi connectivity index (χ4n) is 6.76. The summed E-state index contributed by atoms with van der Waals surface area (Å²) in [5.74, 6) is -0.183. The van der Waals surface area contributed by atoms with Crippen LogP contribution in [-0.4, -0.2) is 57.5 Å². The quantitative estimate of drug-likeness (QED) is 0.133. The number of H-pyrrole nitrogens is 1. The van der Waals surface area contributed by atoms with Crippen molar-refractivity contribution in [1.82, 2.24) is 29.6 Å². The molecule has 1 unspecified atom stereocenters. The van der Waals surface area contributed by atoms with E-state index >= 15 is 0 Å². The van der Waals surface area contributed by atoms with Crippen LogP contribution < -0.4 is 15.6 Å². The maximum absolute atomic E-state index is 13.6. The van der Waals surface area contributed by atoms with Gasteiger partial charge in [-0.2, -0.15) is 4.31 Å². The van der Waals surface area contributed by atoms with Gasteiger partial charge >= 0.3 is 0 Å². The van der Waals surface area contributed by atoms with Crippen LogP contribution in [0.5, 0.6) is 5.75 Å². The Morgan fingerprint density at radius 1 is 1.10 bits per heavy atom. The fraction of sp³-hybridized carbons (Fsp3) is 0.351. The summed E-state index contributed by atoms with van der Waals surface area (Å²) in [6, 6.07) is 20.3. The number of nitrogens with one attached hydrogen (secondary N) is 2. The van der Waals surface area contributed by atoms with E-state index in [-0.39, 0.29) is 30.0 Å². The number of aromatic nitrogens is 4. The molecule has 0 saturated heterocycles. The van der Waals surface area contributed by atoms with Crippen LogP contribution in [0.1, 0.15) is 78.2 Å². The van der Waals surface area contributed by atoms with Gasteiger partial charge < -0.3 is 15.0 Å². The third-order valence-corrected chi connectivity index (χ3v) is 11.4. The molecule has 0 fully saturated rings. The molecule has 3 aromatic carbocycles. The molecule has 0 bridgehead atoms. The van der Waals surface area contributed by atoms with E-state index in [2.05, 4.69) is 38.8 Å². The summed E-state index contributed by atoms with van der Waals surface area (Å²) in [6.45, 7) is 13.4. The zero-order chi connectivity index (χ0) is 35.1. The van der Waals surface area contributed by atoms with Gasteiger partial charge in [0.25, 0.3) is 5.91 Å². The number of carbonyl (C=O) groups is 1. The van der Waals surface area contributed by atoms with Gasteiger partial charge in [-0.3, -0.25) is 18.7 Å². The molecule has 0 spiro atoms. The Balaban J connectivity index is 1.44. The van der Waals surface area contributed by atoms with E-state index in [0.717, 1.165) is 38.9 Å². The number of aromatic amines is 1. The second-order valence-corrected chi connectivity index (χ2v) is 15.2. The number of ether oxygens (including phenoxy) is 1. The largest absolute Gasteiger partial charge is 0.487 e. The standard InChI is InChI=1S/C37H44N6O5S/c1-7-28-22-42(49(46,47)32-12-10-9-11-31(32)48-28)21-27-19-25(14-13-23(27)3)34(29-16-17-30-35(24(29)4)40-41-43(30)8-2)37(5,6)39-36(45)26-15-18-33(44)38-20-26/h9-20,28,34,46-47H,7-8,21-22H2,1-6H3,(H,38,44)(H,39,45)/t28?,34-/m0/s1. The molecule has 4 N–H and O–H groups in total. The predicted octanol–water partition coefficient (Wildman–Crippen LogP) is 6.79. The number of benzene rings is 3. The van der Waals surface area contributed by atoms with Gasteiger partial charge in [0.2, 0.25) is 5.56 Å². The number of hydrogen-bond acceptors (Lipinski definition) is 8. The summed E-state index contributed by atoms with van der Waals surface area (Å²) < 4.78 is 33.2. The molecular formula is C37H44N6O5S. The molecule has 49 heavy (non-hydrogen) atoms. The summed E-state index contributed by atoms with van der Waals surface area (Å²) in [7, 11) is -3.36. The minimum Gasteiger partial charge on any atom is -0.487 e. The monoisotopic (exact) mass is 684 g/mol. The van der Waals surface area contributed by atoms with Gasteiger partial charge in [0, 0.05) is 36.8 Å². The molecule has 1 aliphatic heterocycles. The molecule has 12 heteroatoms. The smallest absolute Gasteiger partial charge is 0.253 e. The molecule has 0 saturated carbocycles. The third kappa shape index (κ3) is 6.61. The van der Waals surface area contributed by atoms with Crippen molar-refractivity contribution in [3.05, 3.63) is 117 Å². The van der Waals surface area contributed by atoms with Crippen molar-refractivity contribution in [1.29, 1.82) is 0 Å². The molecule has 0 aliphatic carbocycles. The van der Waals surface area contributed by atoms with E-state index in [9.17, 15) is 18.7 Å². The molecule has 1 aliphatic rings. The van der Waals surface area contributed by atoms with Gasteiger partial charge in [0.15, 0.2) is 0 Å². The number of carbonyl (C=O) groups excluding carboxylic acids is 1. The maximum atomic E-state index is 13.6. The third-order valence-electron chi connectivity index (χ3n) is 9.51. The molecule has 258 valence electrons. The van der Waals surface area contributed by atoms with Crippen molar-refractivity contribution in [2.45, 2.75) is 83.5 Å². The fourth-order valence-corrected chi connectivity index (χ4v) is 8.38. The number of rotatable bonds is 9. The van der Waals surface area contributed by atoms with Crippen molar-refractivity contribution in [2.75, 3.05) is 6.54 Å². The Labute approximate surface area is 287 Å². The van der Waals surface area contributed by atoms with Crippen LogP contribution in [0.25, 0.3) is 11.0 Å². The van der Waals surface area contributed by atoms with E-state index in [1.165, 1.54) is 18.3 Å². The topological polar surface area (TPSA) is 146 Å². The highest BCUT2D eigenvalue weighted by molar-refractivity contribution is 8.22. The minimum absolute atomic E-state index is 0.223. The maximum Gasteiger partial charge on any atom is 0.253 e. The molecule has 5 aromatic rings. The zero-order valence-electron chi connectivity index (χ0n) is 28.7. The van der Waals surface area contributed by atoms with Crippen LogP contribution in [0.2, 0.25) is 0 Å². The lowest BCUT2D eigenvalue weighted by Crippen LogP contribution is -2.48. The van der Waals surface area contributed by atoms with Crippen molar-refractivity contribution in [3.8, 4) is 5.75 Å². The van der Waals surface area contributed by atoms with Crippen molar-refractivity contribution in [2.24, 2.45) is 0 Å². The summed E-state index contributed by atoms with van der Waals surface area (Å²) >= 11 is 0. The highest BCUT2D eigenvalue weighted by atomic mass is 32.3. The van der Waals surface area contributed by atoms with Gasteiger partial charge in [-0.1, -0.05) is 48.5 Å². The summed E-state index contributed by atoms with van der Waals surface area (Å²) in [4.78, 5) is 28.3. The van der Waals surface area contributed by atoms with Crippen molar-refractivity contribution in [3.63, 3.8) is 0 Å². The number of nitrogens with zero attached hydrogens (tertiary/aromatic N) is 4. The van der Waals surface area contributed by atoms with Crippen LogP contribution in [0.4, 0.5) is 0 Å². The zero-order valence-corrected chi connectivity index (χ0v) is 29.5. The van der Waals surface area contributed by atoms with Crippen LogP contribution in [0.3, 0.4) is 0 Å². The normalized spacial score (nSPS) is 17.5. The van der Waals surface area contributed by atoms with Crippen LogP contribution in [0.15, 0.2) is 82.6 Å². The van der Waals surface area contributed by atoms with E-state index in [0.29, 0.717) is 35.7 Å². The van der Waals surface area contributed by atoms with E-state index in [1.807, 2.05) is 64.4 Å². The lowest BCUT2D eigenvalue weighted by molar-refractivity contribution is 0.0905. The number of pyridine rings is 1. The minimum atomic E-state index is -3.36. The van der Waals surface area contributed by atoms with Gasteiger partial charge in [0.05, 0.1) is 17.6 Å². The van der Waals surface area contributed by atoms with E-state index < -0.39 is 16.3 Å². The van der Waals surface area contributed by atoms with Crippen LogP contribution >= 0.6 is 10.8 Å².